The van der Waals surface area contributed by atoms with Crippen molar-refractivity contribution in [2.45, 2.75) is 25.3 Å². The number of benzene rings is 1. The smallest absolute Gasteiger partial charge is 0.326 e. The first-order chi connectivity index (χ1) is 11.0. The van der Waals surface area contributed by atoms with E-state index < -0.39 is 36.3 Å². The van der Waals surface area contributed by atoms with Crippen molar-refractivity contribution in [2.75, 3.05) is 13.1 Å². The van der Waals surface area contributed by atoms with Gasteiger partial charge < -0.3 is 10.0 Å². The zero-order chi connectivity index (χ0) is 16.6. The van der Waals surface area contributed by atoms with Crippen molar-refractivity contribution >= 4 is 23.7 Å². The number of aliphatic carboxylic acids is 1. The van der Waals surface area contributed by atoms with E-state index in [1.807, 2.05) is 0 Å². The lowest BCUT2D eigenvalue weighted by molar-refractivity contribution is -0.152. The number of rotatable bonds is 3. The highest BCUT2D eigenvalue weighted by Gasteiger charge is 2.39. The molecule has 1 saturated heterocycles. The molecule has 2 aliphatic heterocycles. The zero-order valence-corrected chi connectivity index (χ0v) is 12.4. The topological polar surface area (TPSA) is 95.0 Å². The summed E-state index contributed by atoms with van der Waals surface area (Å²) in [4.78, 5) is 50.4. The molecule has 1 N–H and O–H groups in total. The molecule has 120 valence electrons. The normalized spacial score (nSPS) is 20.6. The number of fused-ring (bicyclic) bond motifs is 1. The summed E-state index contributed by atoms with van der Waals surface area (Å²) in [5, 5.41) is 9.22. The second kappa shape index (κ2) is 5.83. The maximum absolute atomic E-state index is 12.4. The molecule has 23 heavy (non-hydrogen) atoms. The Morgan fingerprint density at radius 3 is 2.26 bits per heavy atom. The van der Waals surface area contributed by atoms with Crippen molar-refractivity contribution in [3.05, 3.63) is 35.4 Å². The van der Waals surface area contributed by atoms with Gasteiger partial charge >= 0.3 is 5.97 Å². The van der Waals surface area contributed by atoms with E-state index in [0.29, 0.717) is 13.0 Å². The van der Waals surface area contributed by atoms with E-state index in [-0.39, 0.29) is 11.1 Å². The quantitative estimate of drug-likeness (QED) is 0.830. The van der Waals surface area contributed by atoms with Crippen LogP contribution in [0.1, 0.15) is 40.0 Å². The Morgan fingerprint density at radius 1 is 1.09 bits per heavy atom. The van der Waals surface area contributed by atoms with Crippen LogP contribution in [0.15, 0.2) is 24.3 Å². The van der Waals surface area contributed by atoms with E-state index in [0.717, 1.165) is 17.7 Å². The number of carbonyl (C=O) groups is 4. The third kappa shape index (κ3) is 2.58. The van der Waals surface area contributed by atoms with Gasteiger partial charge in [-0.05, 0) is 31.4 Å². The van der Waals surface area contributed by atoms with Crippen molar-refractivity contribution < 1.29 is 24.3 Å². The number of carboxylic acid groups (broad SMARTS) is 1. The summed E-state index contributed by atoms with van der Waals surface area (Å²) in [7, 11) is 0. The predicted octanol–water partition coefficient (Wildman–Crippen LogP) is 0.748. The molecule has 1 atom stereocenters. The number of carbonyl (C=O) groups excluding carboxylic acids is 3. The van der Waals surface area contributed by atoms with E-state index >= 15 is 0 Å². The number of likely N-dealkylation sites (tertiary alicyclic amines) is 1. The minimum atomic E-state index is -1.06. The minimum absolute atomic E-state index is 0.277. The number of imide groups is 1. The van der Waals surface area contributed by atoms with Crippen molar-refractivity contribution in [3.63, 3.8) is 0 Å². The van der Waals surface area contributed by atoms with Crippen LogP contribution in [0.25, 0.3) is 0 Å². The highest BCUT2D eigenvalue weighted by atomic mass is 16.4. The Hall–Kier alpha value is -2.70. The Labute approximate surface area is 132 Å². The van der Waals surface area contributed by atoms with Crippen LogP contribution in [0, 0.1) is 0 Å². The van der Waals surface area contributed by atoms with E-state index in [1.165, 1.54) is 4.90 Å². The van der Waals surface area contributed by atoms with Crippen LogP contribution < -0.4 is 0 Å². The van der Waals surface area contributed by atoms with Gasteiger partial charge in [0.1, 0.15) is 12.6 Å². The molecule has 0 saturated carbocycles. The summed E-state index contributed by atoms with van der Waals surface area (Å²) in [5.41, 5.74) is 0.553. The number of piperidine rings is 1. The fourth-order valence-electron chi connectivity index (χ4n) is 3.10. The Kier molecular flexibility index (Phi) is 3.85. The molecule has 1 aromatic rings. The lowest BCUT2D eigenvalue weighted by Gasteiger charge is -2.33. The number of nitrogens with zero attached hydrogens (tertiary/aromatic N) is 2. The van der Waals surface area contributed by atoms with Gasteiger partial charge in [0.15, 0.2) is 0 Å². The fraction of sp³-hybridized carbons (Fsp3) is 0.375. The van der Waals surface area contributed by atoms with Gasteiger partial charge in [-0.2, -0.15) is 0 Å². The number of carboxylic acids is 1. The van der Waals surface area contributed by atoms with Gasteiger partial charge in [-0.3, -0.25) is 19.3 Å². The summed E-state index contributed by atoms with van der Waals surface area (Å²) < 4.78 is 0. The molecule has 0 spiro atoms. The summed E-state index contributed by atoms with van der Waals surface area (Å²) in [5.74, 6) is -2.59. The lowest BCUT2D eigenvalue weighted by Crippen LogP contribution is -2.51. The number of hydrogen-bond acceptors (Lipinski definition) is 4. The van der Waals surface area contributed by atoms with E-state index in [4.69, 9.17) is 0 Å². The van der Waals surface area contributed by atoms with Crippen LogP contribution >= 0.6 is 0 Å². The molecule has 3 amide bonds. The summed E-state index contributed by atoms with van der Waals surface area (Å²) in [6, 6.07) is 5.51. The van der Waals surface area contributed by atoms with Crippen LogP contribution in [-0.2, 0) is 9.59 Å². The Balaban J connectivity index is 1.77. The Bertz CT molecular complexity index is 664. The van der Waals surface area contributed by atoms with Crippen LogP contribution in [0.2, 0.25) is 0 Å². The maximum Gasteiger partial charge on any atom is 0.326 e. The average Bonchev–Trinajstić information content (AvgIpc) is 2.80. The van der Waals surface area contributed by atoms with E-state index in [9.17, 15) is 24.3 Å². The Morgan fingerprint density at radius 2 is 1.70 bits per heavy atom. The summed E-state index contributed by atoms with van der Waals surface area (Å²) >= 11 is 0. The monoisotopic (exact) mass is 316 g/mol. The molecule has 0 aliphatic carbocycles. The van der Waals surface area contributed by atoms with Gasteiger partial charge in [-0.15, -0.1) is 0 Å². The highest BCUT2D eigenvalue weighted by molar-refractivity contribution is 6.22. The first kappa shape index (κ1) is 15.2. The third-order valence-electron chi connectivity index (χ3n) is 4.28. The molecule has 0 bridgehead atoms. The van der Waals surface area contributed by atoms with Crippen LogP contribution in [0.4, 0.5) is 0 Å². The molecule has 1 fully saturated rings. The van der Waals surface area contributed by atoms with Crippen molar-refractivity contribution in [2.24, 2.45) is 0 Å². The molecule has 0 unspecified atom stereocenters. The average molecular weight is 316 g/mol. The van der Waals surface area contributed by atoms with Gasteiger partial charge in [0.2, 0.25) is 5.91 Å². The van der Waals surface area contributed by atoms with E-state index in [1.54, 1.807) is 24.3 Å². The number of amides is 3. The molecular weight excluding hydrogens is 300 g/mol. The second-order valence-electron chi connectivity index (χ2n) is 5.68. The van der Waals surface area contributed by atoms with Crippen molar-refractivity contribution in [1.29, 1.82) is 0 Å². The summed E-state index contributed by atoms with van der Waals surface area (Å²) in [6.07, 6.45) is 1.86. The molecular formula is C16H16N2O5. The maximum atomic E-state index is 12.4. The third-order valence-corrected chi connectivity index (χ3v) is 4.28. The fourth-order valence-corrected chi connectivity index (χ4v) is 3.10. The lowest BCUT2D eigenvalue weighted by atomic mass is 10.0. The predicted molar refractivity (Wildman–Crippen MR) is 78.8 cm³/mol. The van der Waals surface area contributed by atoms with Crippen molar-refractivity contribution in [3.8, 4) is 0 Å². The molecule has 7 heteroatoms. The first-order valence-corrected chi connectivity index (χ1v) is 7.48. The largest absolute Gasteiger partial charge is 0.480 e. The van der Waals surface area contributed by atoms with Crippen LogP contribution in [0.3, 0.4) is 0 Å². The molecule has 1 aromatic carbocycles. The van der Waals surface area contributed by atoms with Crippen LogP contribution in [0.5, 0.6) is 0 Å². The molecule has 2 heterocycles. The van der Waals surface area contributed by atoms with Crippen LogP contribution in [-0.4, -0.2) is 57.7 Å². The van der Waals surface area contributed by atoms with Crippen molar-refractivity contribution in [1.82, 2.24) is 9.80 Å². The van der Waals surface area contributed by atoms with Gasteiger partial charge in [0.25, 0.3) is 11.8 Å². The standard InChI is InChI=1S/C16H16N2O5/c19-13(17-8-4-3-7-12(17)16(22)23)9-18-14(20)10-5-1-2-6-11(10)15(18)21/h1-2,5-6,12H,3-4,7-9H2,(H,22,23)/t12-/m1/s1. The van der Waals surface area contributed by atoms with Gasteiger partial charge in [-0.1, -0.05) is 12.1 Å². The highest BCUT2D eigenvalue weighted by Crippen LogP contribution is 2.23. The minimum Gasteiger partial charge on any atom is -0.480 e. The molecule has 3 rings (SSSR count). The SMILES string of the molecule is O=C(O)[C@H]1CCCCN1C(=O)CN1C(=O)c2ccccc2C1=O. The summed E-state index contributed by atoms with van der Waals surface area (Å²) in [6.45, 7) is -0.0882. The second-order valence-corrected chi connectivity index (χ2v) is 5.68. The first-order valence-electron chi connectivity index (χ1n) is 7.48. The number of hydrogen-bond donors (Lipinski definition) is 1. The van der Waals surface area contributed by atoms with Gasteiger partial charge in [0.05, 0.1) is 11.1 Å². The van der Waals surface area contributed by atoms with Gasteiger partial charge in [0, 0.05) is 6.54 Å². The molecule has 0 radical (unpaired) electrons. The zero-order valence-electron chi connectivity index (χ0n) is 12.4. The van der Waals surface area contributed by atoms with Gasteiger partial charge in [-0.25, -0.2) is 4.79 Å². The molecule has 2 aliphatic rings. The molecule has 7 nitrogen and oxygen atoms in total. The molecule has 0 aromatic heterocycles. The van der Waals surface area contributed by atoms with E-state index in [2.05, 4.69) is 0 Å².